The Morgan fingerprint density at radius 2 is 2.19 bits per heavy atom. The molecule has 0 radical (unpaired) electrons. The molecule has 0 spiro atoms. The van der Waals surface area contributed by atoms with Crippen LogP contribution in [0, 0.1) is 13.8 Å². The van der Waals surface area contributed by atoms with Gasteiger partial charge in [-0.25, -0.2) is 9.78 Å². The minimum atomic E-state index is -0.388. The molecule has 2 aromatic rings. The maximum absolute atomic E-state index is 11.9. The molecule has 0 bridgehead atoms. The number of carbonyl (C=O) groups is 1. The Balaban J connectivity index is 1.81. The second-order valence-corrected chi connectivity index (χ2v) is 4.79. The summed E-state index contributed by atoms with van der Waals surface area (Å²) in [4.78, 5) is 33.5. The number of H-pyrrole nitrogens is 2. The number of hydrogen-bond donors (Lipinski definition) is 3. The van der Waals surface area contributed by atoms with Gasteiger partial charge in [0.25, 0.3) is 0 Å². The van der Waals surface area contributed by atoms with E-state index in [-0.39, 0.29) is 18.0 Å². The van der Waals surface area contributed by atoms with Crippen LogP contribution in [0.3, 0.4) is 0 Å². The van der Waals surface area contributed by atoms with Crippen LogP contribution in [0.25, 0.3) is 0 Å². The smallest absolute Gasteiger partial charge is 0.345 e. The zero-order chi connectivity index (χ0) is 15.2. The number of hydrogen-bond acceptors (Lipinski definition) is 5. The second-order valence-electron chi connectivity index (χ2n) is 4.79. The third-order valence-corrected chi connectivity index (χ3v) is 3.17. The fourth-order valence-electron chi connectivity index (χ4n) is 2.07. The Hall–Kier alpha value is -2.51. The van der Waals surface area contributed by atoms with E-state index in [4.69, 9.17) is 0 Å². The van der Waals surface area contributed by atoms with Crippen molar-refractivity contribution in [1.29, 1.82) is 0 Å². The van der Waals surface area contributed by atoms with Crippen molar-refractivity contribution in [2.45, 2.75) is 33.1 Å². The molecule has 0 atom stereocenters. The van der Waals surface area contributed by atoms with Crippen LogP contribution in [-0.2, 0) is 17.6 Å². The van der Waals surface area contributed by atoms with Gasteiger partial charge in [-0.2, -0.15) is 10.1 Å². The molecule has 2 heterocycles. The van der Waals surface area contributed by atoms with Gasteiger partial charge in [0.2, 0.25) is 5.91 Å². The highest BCUT2D eigenvalue weighted by molar-refractivity contribution is 5.78. The van der Waals surface area contributed by atoms with E-state index in [0.29, 0.717) is 17.9 Å². The Morgan fingerprint density at radius 1 is 1.38 bits per heavy atom. The number of amides is 1. The molecule has 8 nitrogen and oxygen atoms in total. The van der Waals surface area contributed by atoms with Crippen LogP contribution in [0.2, 0.25) is 0 Å². The molecule has 0 unspecified atom stereocenters. The maximum atomic E-state index is 11.9. The van der Waals surface area contributed by atoms with Gasteiger partial charge in [0.15, 0.2) is 0 Å². The predicted molar refractivity (Wildman–Crippen MR) is 75.7 cm³/mol. The highest BCUT2D eigenvalue weighted by Crippen LogP contribution is 2.07. The van der Waals surface area contributed by atoms with Crippen molar-refractivity contribution in [2.75, 3.05) is 6.54 Å². The van der Waals surface area contributed by atoms with Gasteiger partial charge in [-0.15, -0.1) is 0 Å². The minimum absolute atomic E-state index is 0.0902. The standard InChI is InChI=1S/C13H18N6O2/c1-8-10(9(2)18-13(21)17-8)6-12(20)14-5-3-4-11-15-7-16-19-11/h7H,3-6H2,1-2H3,(H,14,20)(H,15,16,19)(H,17,18,21). The number of aromatic amines is 2. The van der Waals surface area contributed by atoms with E-state index in [1.165, 1.54) is 6.33 Å². The van der Waals surface area contributed by atoms with Crippen LogP contribution in [0.1, 0.15) is 29.2 Å². The Labute approximate surface area is 121 Å². The van der Waals surface area contributed by atoms with E-state index < -0.39 is 0 Å². The third-order valence-electron chi connectivity index (χ3n) is 3.17. The van der Waals surface area contributed by atoms with Gasteiger partial charge >= 0.3 is 5.69 Å². The average Bonchev–Trinajstić information content (AvgIpc) is 2.92. The molecule has 0 aliphatic heterocycles. The molecule has 0 saturated heterocycles. The van der Waals surface area contributed by atoms with Gasteiger partial charge in [-0.1, -0.05) is 0 Å². The third kappa shape index (κ3) is 4.23. The lowest BCUT2D eigenvalue weighted by molar-refractivity contribution is -0.120. The highest BCUT2D eigenvalue weighted by atomic mass is 16.1. The fraction of sp³-hybridized carbons (Fsp3) is 0.462. The quantitative estimate of drug-likeness (QED) is 0.637. The topological polar surface area (TPSA) is 116 Å². The molecular formula is C13H18N6O2. The van der Waals surface area contributed by atoms with E-state index >= 15 is 0 Å². The van der Waals surface area contributed by atoms with Crippen LogP contribution in [-0.4, -0.2) is 37.6 Å². The molecule has 0 aliphatic carbocycles. The summed E-state index contributed by atoms with van der Waals surface area (Å²) in [5.41, 5.74) is 1.65. The van der Waals surface area contributed by atoms with Crippen LogP contribution < -0.4 is 11.0 Å². The van der Waals surface area contributed by atoms with Crippen molar-refractivity contribution >= 4 is 5.91 Å². The maximum Gasteiger partial charge on any atom is 0.345 e. The number of aromatic nitrogens is 5. The zero-order valence-electron chi connectivity index (χ0n) is 12.1. The van der Waals surface area contributed by atoms with E-state index in [1.807, 2.05) is 0 Å². The van der Waals surface area contributed by atoms with Crippen molar-refractivity contribution in [2.24, 2.45) is 0 Å². The number of carbonyl (C=O) groups excluding carboxylic acids is 1. The normalized spacial score (nSPS) is 10.6. The minimum Gasteiger partial charge on any atom is -0.356 e. The van der Waals surface area contributed by atoms with Crippen LogP contribution in [0.4, 0.5) is 0 Å². The lowest BCUT2D eigenvalue weighted by Crippen LogP contribution is -2.28. The first-order valence-electron chi connectivity index (χ1n) is 6.73. The average molecular weight is 290 g/mol. The van der Waals surface area contributed by atoms with Crippen molar-refractivity contribution in [1.82, 2.24) is 30.5 Å². The summed E-state index contributed by atoms with van der Waals surface area (Å²) < 4.78 is 0. The predicted octanol–water partition coefficient (Wildman–Crippen LogP) is -0.204. The molecule has 1 amide bonds. The van der Waals surface area contributed by atoms with Gasteiger partial charge in [-0.3, -0.25) is 9.89 Å². The summed E-state index contributed by atoms with van der Waals surface area (Å²) in [6.45, 7) is 4.06. The molecule has 2 rings (SSSR count). The molecule has 112 valence electrons. The molecule has 0 saturated carbocycles. The molecule has 0 aromatic carbocycles. The van der Waals surface area contributed by atoms with Gasteiger partial charge in [0.1, 0.15) is 12.2 Å². The highest BCUT2D eigenvalue weighted by Gasteiger charge is 2.10. The van der Waals surface area contributed by atoms with E-state index in [2.05, 4.69) is 30.5 Å². The van der Waals surface area contributed by atoms with Gasteiger partial charge in [-0.05, 0) is 20.3 Å². The zero-order valence-corrected chi connectivity index (χ0v) is 12.1. The SMILES string of the molecule is Cc1nc(=O)[nH]c(C)c1CC(=O)NCCCc1ncn[nH]1. The largest absolute Gasteiger partial charge is 0.356 e. The molecule has 21 heavy (non-hydrogen) atoms. The second kappa shape index (κ2) is 6.78. The van der Waals surface area contributed by atoms with Crippen LogP contribution >= 0.6 is 0 Å². The number of rotatable bonds is 6. The lowest BCUT2D eigenvalue weighted by Gasteiger charge is -2.08. The van der Waals surface area contributed by atoms with Crippen LogP contribution in [0.15, 0.2) is 11.1 Å². The van der Waals surface area contributed by atoms with E-state index in [0.717, 1.165) is 24.2 Å². The van der Waals surface area contributed by atoms with E-state index in [9.17, 15) is 9.59 Å². The van der Waals surface area contributed by atoms with Crippen molar-refractivity contribution in [3.8, 4) is 0 Å². The summed E-state index contributed by atoms with van der Waals surface area (Å²) in [5, 5.41) is 9.37. The molecule has 2 aromatic heterocycles. The summed E-state index contributed by atoms with van der Waals surface area (Å²) in [5.74, 6) is 0.716. The number of nitrogens with zero attached hydrogens (tertiary/aromatic N) is 3. The molecular weight excluding hydrogens is 272 g/mol. The van der Waals surface area contributed by atoms with E-state index in [1.54, 1.807) is 13.8 Å². The Bertz CT molecular complexity index is 636. The first-order valence-corrected chi connectivity index (χ1v) is 6.73. The first kappa shape index (κ1) is 14.9. The van der Waals surface area contributed by atoms with Crippen molar-refractivity contribution in [3.63, 3.8) is 0 Å². The molecule has 3 N–H and O–H groups in total. The van der Waals surface area contributed by atoms with Gasteiger partial charge < -0.3 is 10.3 Å². The molecule has 0 aliphatic rings. The number of nitrogens with one attached hydrogen (secondary N) is 3. The summed E-state index contributed by atoms with van der Waals surface area (Å²) in [7, 11) is 0. The first-order chi connectivity index (χ1) is 10.1. The molecule has 0 fully saturated rings. The fourth-order valence-corrected chi connectivity index (χ4v) is 2.07. The molecule has 8 heteroatoms. The monoisotopic (exact) mass is 290 g/mol. The summed E-state index contributed by atoms with van der Waals surface area (Å²) in [6, 6.07) is 0. The van der Waals surface area contributed by atoms with Crippen LogP contribution in [0.5, 0.6) is 0 Å². The Kier molecular flexibility index (Phi) is 4.81. The lowest BCUT2D eigenvalue weighted by atomic mass is 10.1. The summed E-state index contributed by atoms with van der Waals surface area (Å²) >= 11 is 0. The van der Waals surface area contributed by atoms with Crippen molar-refractivity contribution < 1.29 is 4.79 Å². The van der Waals surface area contributed by atoms with Crippen molar-refractivity contribution in [3.05, 3.63) is 39.6 Å². The number of aryl methyl sites for hydroxylation is 3. The Morgan fingerprint density at radius 3 is 2.86 bits per heavy atom. The van der Waals surface area contributed by atoms with Gasteiger partial charge in [0.05, 0.1) is 6.42 Å². The van der Waals surface area contributed by atoms with Gasteiger partial charge in [0, 0.05) is 29.9 Å². The summed E-state index contributed by atoms with van der Waals surface area (Å²) in [6.07, 6.45) is 3.19.